The van der Waals surface area contributed by atoms with Gasteiger partial charge in [-0.25, -0.2) is 9.79 Å². The van der Waals surface area contributed by atoms with E-state index in [0.717, 1.165) is 20.4 Å². The second kappa shape index (κ2) is 9.02. The minimum atomic E-state index is -0.500. The minimum absolute atomic E-state index is 0.216. The van der Waals surface area contributed by atoms with Crippen LogP contribution in [0.4, 0.5) is 0 Å². The van der Waals surface area contributed by atoms with Gasteiger partial charge in [0.1, 0.15) is 12.4 Å². The first-order chi connectivity index (χ1) is 14.5. The molecular formula is C24H17ClINO3. The highest BCUT2D eigenvalue weighted by molar-refractivity contribution is 14.1. The maximum atomic E-state index is 12.2. The fourth-order valence-corrected chi connectivity index (χ4v) is 3.66. The molecule has 1 aliphatic heterocycles. The summed E-state index contributed by atoms with van der Waals surface area (Å²) in [7, 11) is 0. The van der Waals surface area contributed by atoms with Gasteiger partial charge in [-0.2, -0.15) is 0 Å². The third-order valence-electron chi connectivity index (χ3n) is 4.45. The fraction of sp³-hybridized carbons (Fsp3) is 0.0833. The van der Waals surface area contributed by atoms with Crippen molar-refractivity contribution >= 4 is 52.1 Å². The number of nitrogens with zero attached hydrogens (tertiary/aromatic N) is 1. The Labute approximate surface area is 193 Å². The molecule has 0 atom stereocenters. The SMILES string of the molecule is Cc1cccc(COc2ccc(/C=C3\N=C(c4cc(I)ccc4Cl)OC3=O)cc2)c1. The molecule has 1 aliphatic rings. The number of hydrogen-bond donors (Lipinski definition) is 0. The van der Waals surface area contributed by atoms with Gasteiger partial charge in [-0.1, -0.05) is 53.6 Å². The number of hydrogen-bond acceptors (Lipinski definition) is 4. The van der Waals surface area contributed by atoms with E-state index in [1.54, 1.807) is 12.1 Å². The molecule has 3 aromatic rings. The Bertz CT molecular complexity index is 1170. The van der Waals surface area contributed by atoms with Crippen molar-refractivity contribution in [2.24, 2.45) is 4.99 Å². The molecule has 6 heteroatoms. The van der Waals surface area contributed by atoms with Crippen LogP contribution in [0.2, 0.25) is 5.02 Å². The predicted octanol–water partition coefficient (Wildman–Crippen LogP) is 6.18. The number of aliphatic imine (C=N–C) groups is 1. The number of cyclic esters (lactones) is 1. The van der Waals surface area contributed by atoms with Crippen molar-refractivity contribution < 1.29 is 14.3 Å². The van der Waals surface area contributed by atoms with Crippen molar-refractivity contribution in [2.75, 3.05) is 0 Å². The van der Waals surface area contributed by atoms with Crippen LogP contribution in [0.1, 0.15) is 22.3 Å². The van der Waals surface area contributed by atoms with E-state index in [1.165, 1.54) is 5.56 Å². The lowest BCUT2D eigenvalue weighted by atomic mass is 10.1. The Morgan fingerprint density at radius 2 is 1.90 bits per heavy atom. The molecule has 150 valence electrons. The number of benzene rings is 3. The molecule has 0 amide bonds. The van der Waals surface area contributed by atoms with E-state index in [4.69, 9.17) is 21.1 Å². The largest absolute Gasteiger partial charge is 0.489 e. The first-order valence-electron chi connectivity index (χ1n) is 9.24. The number of esters is 1. The molecule has 4 nitrogen and oxygen atoms in total. The summed E-state index contributed by atoms with van der Waals surface area (Å²) in [6.07, 6.45) is 1.68. The van der Waals surface area contributed by atoms with Gasteiger partial charge in [0.2, 0.25) is 5.90 Å². The lowest BCUT2D eigenvalue weighted by molar-refractivity contribution is -0.129. The van der Waals surface area contributed by atoms with E-state index in [0.29, 0.717) is 17.2 Å². The van der Waals surface area contributed by atoms with Crippen molar-refractivity contribution in [3.8, 4) is 5.75 Å². The van der Waals surface area contributed by atoms with Crippen LogP contribution in [-0.4, -0.2) is 11.9 Å². The number of aryl methyl sites for hydroxylation is 1. The van der Waals surface area contributed by atoms with E-state index in [1.807, 2.05) is 48.5 Å². The van der Waals surface area contributed by atoms with E-state index >= 15 is 0 Å². The number of carbonyl (C=O) groups excluding carboxylic acids is 1. The van der Waals surface area contributed by atoms with Gasteiger partial charge in [0.05, 0.1) is 10.6 Å². The van der Waals surface area contributed by atoms with Crippen molar-refractivity contribution in [1.29, 1.82) is 0 Å². The summed E-state index contributed by atoms with van der Waals surface area (Å²) in [6.45, 7) is 2.55. The molecule has 1 heterocycles. The topological polar surface area (TPSA) is 47.9 Å². The third kappa shape index (κ3) is 4.91. The van der Waals surface area contributed by atoms with Gasteiger partial charge >= 0.3 is 5.97 Å². The Morgan fingerprint density at radius 1 is 1.10 bits per heavy atom. The molecule has 0 radical (unpaired) electrons. The second-order valence-corrected chi connectivity index (χ2v) is 8.46. The van der Waals surface area contributed by atoms with E-state index in [2.05, 4.69) is 46.6 Å². The molecule has 0 aromatic heterocycles. The second-order valence-electron chi connectivity index (χ2n) is 6.81. The van der Waals surface area contributed by atoms with Gasteiger partial charge in [0, 0.05) is 3.57 Å². The smallest absolute Gasteiger partial charge is 0.363 e. The van der Waals surface area contributed by atoms with Gasteiger partial charge in [0.15, 0.2) is 5.70 Å². The van der Waals surface area contributed by atoms with Crippen LogP contribution in [0.25, 0.3) is 6.08 Å². The van der Waals surface area contributed by atoms with Crippen molar-refractivity contribution in [3.05, 3.63) is 103 Å². The van der Waals surface area contributed by atoms with Crippen LogP contribution in [-0.2, 0) is 16.1 Å². The van der Waals surface area contributed by atoms with Gasteiger partial charge in [-0.05, 0) is 77.0 Å². The summed E-state index contributed by atoms with van der Waals surface area (Å²) in [5.41, 5.74) is 3.97. The summed E-state index contributed by atoms with van der Waals surface area (Å²) in [5.74, 6) is 0.468. The summed E-state index contributed by atoms with van der Waals surface area (Å²) in [5, 5.41) is 0.485. The normalized spacial score (nSPS) is 14.6. The Hall–Kier alpha value is -2.64. The zero-order valence-corrected chi connectivity index (χ0v) is 19.0. The minimum Gasteiger partial charge on any atom is -0.489 e. The van der Waals surface area contributed by atoms with Gasteiger partial charge in [-0.15, -0.1) is 0 Å². The number of ether oxygens (including phenoxy) is 2. The predicted molar refractivity (Wildman–Crippen MR) is 127 cm³/mol. The standard InChI is InChI=1S/C24H17ClINO3/c1-15-3-2-4-17(11-15)14-29-19-8-5-16(6-9-19)12-22-24(28)30-23(27-22)20-13-18(26)7-10-21(20)25/h2-13H,14H2,1H3/b22-12-. The highest BCUT2D eigenvalue weighted by Crippen LogP contribution is 2.26. The molecule has 4 rings (SSSR count). The van der Waals surface area contributed by atoms with Crippen LogP contribution in [0.15, 0.2) is 77.4 Å². The summed E-state index contributed by atoms with van der Waals surface area (Å²) in [6, 6.07) is 21.1. The van der Waals surface area contributed by atoms with Gasteiger partial charge in [0.25, 0.3) is 0 Å². The number of rotatable bonds is 5. The fourth-order valence-electron chi connectivity index (χ4n) is 2.97. The molecule has 0 fully saturated rings. The summed E-state index contributed by atoms with van der Waals surface area (Å²) < 4.78 is 12.1. The quantitative estimate of drug-likeness (QED) is 0.225. The highest BCUT2D eigenvalue weighted by Gasteiger charge is 2.25. The van der Waals surface area contributed by atoms with Gasteiger partial charge in [-0.3, -0.25) is 0 Å². The Balaban J connectivity index is 1.48. The first-order valence-corrected chi connectivity index (χ1v) is 10.7. The van der Waals surface area contributed by atoms with Crippen LogP contribution >= 0.6 is 34.2 Å². The zero-order valence-electron chi connectivity index (χ0n) is 16.1. The number of carbonyl (C=O) groups is 1. The number of halogens is 2. The molecule has 0 N–H and O–H groups in total. The highest BCUT2D eigenvalue weighted by atomic mass is 127. The lowest BCUT2D eigenvalue weighted by Gasteiger charge is -2.07. The van der Waals surface area contributed by atoms with E-state index in [-0.39, 0.29) is 11.6 Å². The zero-order chi connectivity index (χ0) is 21.1. The van der Waals surface area contributed by atoms with Crippen LogP contribution in [0, 0.1) is 10.5 Å². The average molecular weight is 530 g/mol. The van der Waals surface area contributed by atoms with Crippen molar-refractivity contribution in [3.63, 3.8) is 0 Å². The van der Waals surface area contributed by atoms with E-state index < -0.39 is 5.97 Å². The molecule has 0 bridgehead atoms. The van der Waals surface area contributed by atoms with Crippen molar-refractivity contribution in [1.82, 2.24) is 0 Å². The van der Waals surface area contributed by atoms with Crippen LogP contribution < -0.4 is 4.74 Å². The first kappa shape index (κ1) is 20.6. The lowest BCUT2D eigenvalue weighted by Crippen LogP contribution is -2.06. The van der Waals surface area contributed by atoms with Gasteiger partial charge < -0.3 is 9.47 Å². The molecule has 0 spiro atoms. The molecule has 30 heavy (non-hydrogen) atoms. The maximum absolute atomic E-state index is 12.2. The molecular weight excluding hydrogens is 513 g/mol. The Kier molecular flexibility index (Phi) is 6.20. The van der Waals surface area contributed by atoms with Crippen molar-refractivity contribution in [2.45, 2.75) is 13.5 Å². The Morgan fingerprint density at radius 3 is 2.67 bits per heavy atom. The monoisotopic (exact) mass is 529 g/mol. The molecule has 0 aliphatic carbocycles. The molecule has 3 aromatic carbocycles. The van der Waals surface area contributed by atoms with Crippen LogP contribution in [0.5, 0.6) is 5.75 Å². The maximum Gasteiger partial charge on any atom is 0.363 e. The third-order valence-corrected chi connectivity index (χ3v) is 5.45. The van der Waals surface area contributed by atoms with E-state index in [9.17, 15) is 4.79 Å². The summed E-state index contributed by atoms with van der Waals surface area (Å²) in [4.78, 5) is 16.6. The molecule has 0 saturated heterocycles. The summed E-state index contributed by atoms with van der Waals surface area (Å²) >= 11 is 8.39. The molecule has 0 unspecified atom stereocenters. The van der Waals surface area contributed by atoms with Crippen LogP contribution in [0.3, 0.4) is 0 Å². The average Bonchev–Trinajstić information content (AvgIpc) is 3.09. The molecule has 0 saturated carbocycles.